The Kier molecular flexibility index (Phi) is 6.03. The van der Waals surface area contributed by atoms with Gasteiger partial charge in [0.15, 0.2) is 0 Å². The summed E-state index contributed by atoms with van der Waals surface area (Å²) in [5.74, 6) is -0.510. The highest BCUT2D eigenvalue weighted by Gasteiger charge is 2.57. The molecule has 3 heterocycles. The number of hydrogen-bond acceptors (Lipinski definition) is 5. The van der Waals surface area contributed by atoms with Crippen LogP contribution in [0.15, 0.2) is 30.3 Å². The molecule has 1 aromatic carbocycles. The van der Waals surface area contributed by atoms with Crippen LogP contribution in [0.4, 0.5) is 4.79 Å². The van der Waals surface area contributed by atoms with E-state index in [-0.39, 0.29) is 18.5 Å². The molecule has 0 unspecified atom stereocenters. The molecule has 2 aliphatic rings. The van der Waals surface area contributed by atoms with E-state index in [0.717, 1.165) is 31.0 Å². The van der Waals surface area contributed by atoms with Crippen LogP contribution < -0.4 is 5.73 Å². The van der Waals surface area contributed by atoms with Gasteiger partial charge in [-0.25, -0.2) is 4.79 Å². The summed E-state index contributed by atoms with van der Waals surface area (Å²) < 4.78 is 1.28. The summed E-state index contributed by atoms with van der Waals surface area (Å²) in [6.07, 6.45) is 1.97. The molecule has 1 spiro atoms. The molecule has 2 aliphatic heterocycles. The fraction of sp³-hybridized carbons (Fsp3) is 0.522. The van der Waals surface area contributed by atoms with Gasteiger partial charge in [-0.15, -0.1) is 11.3 Å². The quantitative estimate of drug-likeness (QED) is 0.668. The highest BCUT2D eigenvalue weighted by molar-refractivity contribution is 7.19. The zero-order valence-electron chi connectivity index (χ0n) is 18.2. The van der Waals surface area contributed by atoms with Gasteiger partial charge in [-0.3, -0.25) is 19.4 Å². The molecule has 166 valence electrons. The van der Waals surface area contributed by atoms with Crippen LogP contribution in [0.5, 0.6) is 0 Å². The third-order valence-corrected chi connectivity index (χ3v) is 7.51. The summed E-state index contributed by atoms with van der Waals surface area (Å²) in [5.41, 5.74) is 4.46. The first kappa shape index (κ1) is 21.8. The molecule has 0 atom stereocenters. The predicted molar refractivity (Wildman–Crippen MR) is 122 cm³/mol. The minimum atomic E-state index is -0.849. The molecule has 4 amide bonds. The Labute approximate surface area is 186 Å². The Morgan fingerprint density at radius 3 is 2.55 bits per heavy atom. The van der Waals surface area contributed by atoms with Crippen LogP contribution in [0, 0.1) is 5.92 Å². The maximum atomic E-state index is 13.3. The fourth-order valence-corrected chi connectivity index (χ4v) is 5.78. The Morgan fingerprint density at radius 2 is 1.90 bits per heavy atom. The number of benzene rings is 1. The Morgan fingerprint density at radius 1 is 1.19 bits per heavy atom. The highest BCUT2D eigenvalue weighted by atomic mass is 32.1. The topological polar surface area (TPSA) is 87.0 Å². The van der Waals surface area contributed by atoms with E-state index < -0.39 is 11.4 Å². The van der Waals surface area contributed by atoms with Gasteiger partial charge in [0.2, 0.25) is 5.91 Å². The standard InChI is InChI=1S/C23H30N4O3S/c1-16(2)7-10-27-22(30)26(15-20(24)28)21(29)23(27)8-11-25(12-9-23)14-18-13-17-5-3-4-6-19(17)31-18/h3-6,13,16H,7-12,14-15H2,1-2H3,(H2,24,28). The molecule has 2 aromatic rings. The van der Waals surface area contributed by atoms with Crippen molar-refractivity contribution in [1.82, 2.24) is 14.7 Å². The smallest absolute Gasteiger partial charge is 0.328 e. The number of amides is 4. The molecule has 7 nitrogen and oxygen atoms in total. The number of nitrogens with two attached hydrogens (primary N) is 1. The van der Waals surface area contributed by atoms with Gasteiger partial charge in [-0.1, -0.05) is 32.0 Å². The van der Waals surface area contributed by atoms with Crippen molar-refractivity contribution in [3.8, 4) is 0 Å². The second-order valence-electron chi connectivity index (χ2n) is 9.03. The molecule has 8 heteroatoms. The van der Waals surface area contributed by atoms with E-state index in [4.69, 9.17) is 5.73 Å². The van der Waals surface area contributed by atoms with Crippen LogP contribution in [0.2, 0.25) is 0 Å². The number of fused-ring (bicyclic) bond motifs is 1. The molecule has 31 heavy (non-hydrogen) atoms. The number of likely N-dealkylation sites (tertiary alicyclic amines) is 1. The lowest BCUT2D eigenvalue weighted by Gasteiger charge is -2.42. The van der Waals surface area contributed by atoms with Crippen molar-refractivity contribution >= 4 is 39.3 Å². The van der Waals surface area contributed by atoms with Crippen molar-refractivity contribution in [2.24, 2.45) is 11.7 Å². The third kappa shape index (κ3) is 4.19. The zero-order chi connectivity index (χ0) is 22.2. The fourth-order valence-electron chi connectivity index (χ4n) is 4.67. The van der Waals surface area contributed by atoms with Gasteiger partial charge in [0.1, 0.15) is 12.1 Å². The van der Waals surface area contributed by atoms with Crippen LogP contribution in [0.3, 0.4) is 0 Å². The molecular weight excluding hydrogens is 412 g/mol. The maximum Gasteiger partial charge on any atom is 0.328 e. The molecule has 0 aliphatic carbocycles. The summed E-state index contributed by atoms with van der Waals surface area (Å²) in [6, 6.07) is 10.2. The Hall–Kier alpha value is -2.45. The number of nitrogens with zero attached hydrogens (tertiary/aromatic N) is 3. The predicted octanol–water partition coefficient (Wildman–Crippen LogP) is 3.03. The number of imide groups is 1. The summed E-state index contributed by atoms with van der Waals surface area (Å²) in [5, 5.41) is 1.26. The number of carbonyl (C=O) groups is 3. The molecular formula is C23H30N4O3S. The van der Waals surface area contributed by atoms with Crippen LogP contribution in [0.1, 0.15) is 38.0 Å². The number of hydrogen-bond donors (Lipinski definition) is 1. The molecule has 1 aromatic heterocycles. The summed E-state index contributed by atoms with van der Waals surface area (Å²) >= 11 is 1.80. The van der Waals surface area contributed by atoms with Crippen LogP contribution >= 0.6 is 11.3 Å². The van der Waals surface area contributed by atoms with E-state index in [9.17, 15) is 14.4 Å². The van der Waals surface area contributed by atoms with Crippen molar-refractivity contribution in [2.75, 3.05) is 26.2 Å². The van der Waals surface area contributed by atoms with E-state index >= 15 is 0 Å². The normalized spacial score (nSPS) is 19.3. The first-order chi connectivity index (χ1) is 14.8. The van der Waals surface area contributed by atoms with Gasteiger partial charge < -0.3 is 10.6 Å². The van der Waals surface area contributed by atoms with Crippen molar-refractivity contribution in [2.45, 2.75) is 45.2 Å². The van der Waals surface area contributed by atoms with Crippen molar-refractivity contribution < 1.29 is 14.4 Å². The lowest BCUT2D eigenvalue weighted by Crippen LogP contribution is -2.56. The van der Waals surface area contributed by atoms with E-state index in [0.29, 0.717) is 25.3 Å². The Balaban J connectivity index is 1.49. The van der Waals surface area contributed by atoms with E-state index in [1.54, 1.807) is 16.2 Å². The number of carbonyl (C=O) groups excluding carboxylic acids is 3. The maximum absolute atomic E-state index is 13.3. The van der Waals surface area contributed by atoms with Gasteiger partial charge >= 0.3 is 6.03 Å². The molecule has 2 saturated heterocycles. The first-order valence-electron chi connectivity index (χ1n) is 10.9. The van der Waals surface area contributed by atoms with Crippen molar-refractivity contribution in [3.05, 3.63) is 35.2 Å². The minimum absolute atomic E-state index is 0.262. The van der Waals surface area contributed by atoms with E-state index in [1.165, 1.54) is 15.0 Å². The second-order valence-corrected chi connectivity index (χ2v) is 10.2. The number of urea groups is 1. The van der Waals surface area contributed by atoms with Gasteiger partial charge in [0, 0.05) is 35.8 Å². The van der Waals surface area contributed by atoms with Gasteiger partial charge in [0.05, 0.1) is 0 Å². The van der Waals surface area contributed by atoms with Crippen LogP contribution in [-0.4, -0.2) is 64.3 Å². The van der Waals surface area contributed by atoms with Crippen LogP contribution in [-0.2, 0) is 16.1 Å². The number of piperidine rings is 1. The molecule has 0 saturated carbocycles. The molecule has 0 radical (unpaired) electrons. The molecule has 2 N–H and O–H groups in total. The summed E-state index contributed by atoms with van der Waals surface area (Å²) in [6.45, 7) is 6.69. The number of thiophene rings is 1. The average molecular weight is 443 g/mol. The first-order valence-corrected chi connectivity index (χ1v) is 11.7. The monoisotopic (exact) mass is 442 g/mol. The number of rotatable bonds is 7. The number of primary amides is 1. The minimum Gasteiger partial charge on any atom is -0.368 e. The zero-order valence-corrected chi connectivity index (χ0v) is 19.0. The average Bonchev–Trinajstić information content (AvgIpc) is 3.21. The largest absolute Gasteiger partial charge is 0.368 e. The molecule has 4 rings (SSSR count). The van der Waals surface area contributed by atoms with Gasteiger partial charge in [-0.2, -0.15) is 0 Å². The summed E-state index contributed by atoms with van der Waals surface area (Å²) in [4.78, 5) is 44.2. The van der Waals surface area contributed by atoms with E-state index in [1.807, 2.05) is 0 Å². The van der Waals surface area contributed by atoms with Crippen molar-refractivity contribution in [3.63, 3.8) is 0 Å². The van der Waals surface area contributed by atoms with Gasteiger partial charge in [0.25, 0.3) is 5.91 Å². The second kappa shape index (κ2) is 8.59. The third-order valence-electron chi connectivity index (χ3n) is 6.40. The SMILES string of the molecule is CC(C)CCN1C(=O)N(CC(N)=O)C(=O)C12CCN(Cc1cc3ccccc3s1)CC2. The van der Waals surface area contributed by atoms with Gasteiger partial charge in [-0.05, 0) is 42.7 Å². The lowest BCUT2D eigenvalue weighted by molar-refractivity contribution is -0.137. The highest BCUT2D eigenvalue weighted by Crippen LogP contribution is 2.38. The summed E-state index contributed by atoms with van der Waals surface area (Å²) in [7, 11) is 0. The molecule has 2 fully saturated rings. The van der Waals surface area contributed by atoms with Crippen LogP contribution in [0.25, 0.3) is 10.1 Å². The van der Waals surface area contributed by atoms with Crippen molar-refractivity contribution in [1.29, 1.82) is 0 Å². The molecule has 0 bridgehead atoms. The lowest BCUT2D eigenvalue weighted by atomic mass is 9.85. The van der Waals surface area contributed by atoms with E-state index in [2.05, 4.69) is 49.1 Å². The Bertz CT molecular complexity index is 961.